The monoisotopic (exact) mass is 438 g/mol. The fourth-order valence-corrected chi connectivity index (χ4v) is 4.53. The molecule has 0 atom stereocenters. The van der Waals surface area contributed by atoms with Crippen molar-refractivity contribution in [2.24, 2.45) is 0 Å². The molecule has 1 aromatic heterocycles. The zero-order valence-corrected chi connectivity index (χ0v) is 18.3. The number of carbonyl (C=O) groups excluding carboxylic acids is 1. The van der Waals surface area contributed by atoms with E-state index in [2.05, 4.69) is 27.6 Å². The highest BCUT2D eigenvalue weighted by atomic mass is 32.2. The molecule has 1 amide bonds. The third kappa shape index (κ3) is 5.38. The van der Waals surface area contributed by atoms with Crippen molar-refractivity contribution in [3.8, 4) is 11.5 Å². The van der Waals surface area contributed by atoms with Crippen LogP contribution in [0.1, 0.15) is 36.7 Å². The van der Waals surface area contributed by atoms with E-state index in [1.807, 2.05) is 17.6 Å². The molecule has 0 unspecified atom stereocenters. The van der Waals surface area contributed by atoms with Gasteiger partial charge in [-0.05, 0) is 68.0 Å². The molecule has 31 heavy (non-hydrogen) atoms. The highest BCUT2D eigenvalue weighted by Gasteiger charge is 2.15. The van der Waals surface area contributed by atoms with Gasteiger partial charge in [0, 0.05) is 18.3 Å². The molecule has 7 nitrogen and oxygen atoms in total. The molecule has 0 aliphatic heterocycles. The number of ether oxygens (including phenoxy) is 1. The predicted molar refractivity (Wildman–Crippen MR) is 121 cm³/mol. The Morgan fingerprint density at radius 3 is 2.81 bits per heavy atom. The largest absolute Gasteiger partial charge is 0.508 e. The van der Waals surface area contributed by atoms with Crippen molar-refractivity contribution in [1.29, 1.82) is 0 Å². The zero-order valence-electron chi connectivity index (χ0n) is 17.5. The van der Waals surface area contributed by atoms with Crippen LogP contribution >= 0.6 is 11.8 Å². The van der Waals surface area contributed by atoms with Crippen LogP contribution in [0.4, 0.5) is 5.69 Å². The first kappa shape index (κ1) is 21.2. The molecular formula is C23H26N4O3S. The Labute approximate surface area is 185 Å². The summed E-state index contributed by atoms with van der Waals surface area (Å²) in [6.45, 7) is 3.03. The van der Waals surface area contributed by atoms with E-state index >= 15 is 0 Å². The smallest absolute Gasteiger partial charge is 0.234 e. The van der Waals surface area contributed by atoms with Gasteiger partial charge >= 0.3 is 0 Å². The number of thioether (sulfide) groups is 1. The van der Waals surface area contributed by atoms with E-state index in [-0.39, 0.29) is 17.4 Å². The van der Waals surface area contributed by atoms with E-state index in [1.165, 1.54) is 41.8 Å². The number of rotatable bonds is 8. The van der Waals surface area contributed by atoms with Crippen LogP contribution in [-0.2, 0) is 30.8 Å². The Balaban J connectivity index is 1.34. The van der Waals surface area contributed by atoms with Gasteiger partial charge in [-0.2, -0.15) is 0 Å². The van der Waals surface area contributed by atoms with Crippen LogP contribution in [0.3, 0.4) is 0 Å². The van der Waals surface area contributed by atoms with Crippen LogP contribution in [0.15, 0.2) is 47.6 Å². The molecule has 0 saturated heterocycles. The quantitative estimate of drug-likeness (QED) is 0.513. The SMILES string of the molecule is CCn1c(COc2ccc3c(c2)CCCC3)nnc1SCC(=O)Nc1cccc(O)c1. The third-order valence-electron chi connectivity index (χ3n) is 5.26. The third-order valence-corrected chi connectivity index (χ3v) is 6.23. The molecule has 3 aromatic rings. The Morgan fingerprint density at radius 1 is 1.16 bits per heavy atom. The highest BCUT2D eigenvalue weighted by Crippen LogP contribution is 2.26. The molecule has 1 aliphatic rings. The van der Waals surface area contributed by atoms with Crippen molar-refractivity contribution in [1.82, 2.24) is 14.8 Å². The van der Waals surface area contributed by atoms with Crippen molar-refractivity contribution in [3.05, 3.63) is 59.4 Å². The molecule has 162 valence electrons. The maximum atomic E-state index is 12.2. The molecule has 0 saturated carbocycles. The summed E-state index contributed by atoms with van der Waals surface area (Å²) in [4.78, 5) is 12.2. The van der Waals surface area contributed by atoms with Crippen molar-refractivity contribution in [2.45, 2.75) is 50.9 Å². The summed E-state index contributed by atoms with van der Waals surface area (Å²) < 4.78 is 7.96. The second kappa shape index (κ2) is 9.87. The van der Waals surface area contributed by atoms with Gasteiger partial charge in [0.15, 0.2) is 11.0 Å². The van der Waals surface area contributed by atoms with Gasteiger partial charge in [0.05, 0.1) is 5.75 Å². The molecule has 1 heterocycles. The first-order valence-corrected chi connectivity index (χ1v) is 11.5. The number of hydrogen-bond donors (Lipinski definition) is 2. The van der Waals surface area contributed by atoms with E-state index in [4.69, 9.17) is 4.74 Å². The molecule has 0 radical (unpaired) electrons. The Hall–Kier alpha value is -3.00. The van der Waals surface area contributed by atoms with Crippen LogP contribution in [-0.4, -0.2) is 31.5 Å². The molecule has 4 rings (SSSR count). The minimum atomic E-state index is -0.173. The molecule has 0 fully saturated rings. The van der Waals surface area contributed by atoms with Crippen LogP contribution < -0.4 is 10.1 Å². The normalized spacial score (nSPS) is 12.9. The number of aromatic nitrogens is 3. The van der Waals surface area contributed by atoms with Crippen LogP contribution in [0, 0.1) is 0 Å². The van der Waals surface area contributed by atoms with Gasteiger partial charge in [0.2, 0.25) is 5.91 Å². The average molecular weight is 439 g/mol. The number of nitrogens with one attached hydrogen (secondary N) is 1. The molecule has 2 aromatic carbocycles. The number of benzene rings is 2. The van der Waals surface area contributed by atoms with Crippen molar-refractivity contribution in [2.75, 3.05) is 11.1 Å². The lowest BCUT2D eigenvalue weighted by molar-refractivity contribution is -0.113. The lowest BCUT2D eigenvalue weighted by atomic mass is 9.92. The summed E-state index contributed by atoms with van der Waals surface area (Å²) in [7, 11) is 0. The standard InChI is InChI=1S/C23H26N4O3S/c1-2-27-21(14-30-20-11-10-16-6-3-4-7-17(16)12-20)25-26-23(27)31-15-22(29)24-18-8-5-9-19(28)13-18/h5,8-13,28H,2-4,6-7,14-15H2,1H3,(H,24,29). The molecule has 2 N–H and O–H groups in total. The van der Waals surface area contributed by atoms with Crippen LogP contribution in [0.25, 0.3) is 0 Å². The molecular weight excluding hydrogens is 412 g/mol. The van der Waals surface area contributed by atoms with Crippen LogP contribution in [0.2, 0.25) is 0 Å². The van der Waals surface area contributed by atoms with Crippen LogP contribution in [0.5, 0.6) is 11.5 Å². The summed E-state index contributed by atoms with van der Waals surface area (Å²) in [5.41, 5.74) is 3.37. The fourth-order valence-electron chi connectivity index (χ4n) is 3.71. The Morgan fingerprint density at radius 2 is 2.00 bits per heavy atom. The summed E-state index contributed by atoms with van der Waals surface area (Å²) in [5.74, 6) is 1.72. The Kier molecular flexibility index (Phi) is 6.76. The van der Waals surface area contributed by atoms with Gasteiger partial charge in [-0.15, -0.1) is 10.2 Å². The average Bonchev–Trinajstić information content (AvgIpc) is 3.18. The van der Waals surface area contributed by atoms with E-state index in [0.717, 1.165) is 24.4 Å². The van der Waals surface area contributed by atoms with E-state index in [1.54, 1.807) is 18.2 Å². The topological polar surface area (TPSA) is 89.3 Å². The van der Waals surface area contributed by atoms with Gasteiger partial charge < -0.3 is 19.7 Å². The lowest BCUT2D eigenvalue weighted by Crippen LogP contribution is -2.14. The summed E-state index contributed by atoms with van der Waals surface area (Å²) in [5, 5.41) is 21.5. The second-order valence-electron chi connectivity index (χ2n) is 7.46. The molecule has 8 heteroatoms. The number of amides is 1. The number of phenolic OH excluding ortho intramolecular Hbond substituents is 1. The summed E-state index contributed by atoms with van der Waals surface area (Å²) in [6, 6.07) is 12.8. The van der Waals surface area contributed by atoms with E-state index in [0.29, 0.717) is 24.0 Å². The van der Waals surface area contributed by atoms with Gasteiger partial charge in [0.1, 0.15) is 18.1 Å². The van der Waals surface area contributed by atoms with E-state index < -0.39 is 0 Å². The number of anilines is 1. The minimum Gasteiger partial charge on any atom is -0.508 e. The van der Waals surface area contributed by atoms with Crippen molar-refractivity contribution >= 4 is 23.4 Å². The molecule has 0 bridgehead atoms. The van der Waals surface area contributed by atoms with Crippen molar-refractivity contribution in [3.63, 3.8) is 0 Å². The number of hydrogen-bond acceptors (Lipinski definition) is 6. The number of fused-ring (bicyclic) bond motifs is 1. The van der Waals surface area contributed by atoms with Gasteiger partial charge in [-0.25, -0.2) is 0 Å². The predicted octanol–water partition coefficient (Wildman–Crippen LogP) is 4.19. The fraction of sp³-hybridized carbons (Fsp3) is 0.348. The highest BCUT2D eigenvalue weighted by molar-refractivity contribution is 7.99. The van der Waals surface area contributed by atoms with Gasteiger partial charge in [-0.1, -0.05) is 23.9 Å². The van der Waals surface area contributed by atoms with E-state index in [9.17, 15) is 9.90 Å². The Bertz CT molecular complexity index is 1070. The number of aryl methyl sites for hydroxylation is 2. The van der Waals surface area contributed by atoms with Gasteiger partial charge in [0.25, 0.3) is 0 Å². The first-order valence-electron chi connectivity index (χ1n) is 10.5. The number of carbonyl (C=O) groups is 1. The number of nitrogens with zero attached hydrogens (tertiary/aromatic N) is 3. The zero-order chi connectivity index (χ0) is 21.6. The minimum absolute atomic E-state index is 0.111. The second-order valence-corrected chi connectivity index (χ2v) is 8.40. The summed E-state index contributed by atoms with van der Waals surface area (Å²) >= 11 is 1.32. The maximum absolute atomic E-state index is 12.2. The molecule has 1 aliphatic carbocycles. The maximum Gasteiger partial charge on any atom is 0.234 e. The number of aromatic hydroxyl groups is 1. The van der Waals surface area contributed by atoms with Gasteiger partial charge in [-0.3, -0.25) is 4.79 Å². The molecule has 0 spiro atoms. The van der Waals surface area contributed by atoms with Crippen molar-refractivity contribution < 1.29 is 14.6 Å². The number of phenols is 1. The lowest BCUT2D eigenvalue weighted by Gasteiger charge is -2.16. The summed E-state index contributed by atoms with van der Waals surface area (Å²) in [6.07, 6.45) is 4.77. The first-order chi connectivity index (χ1) is 15.1.